The van der Waals surface area contributed by atoms with Crippen LogP contribution in [0, 0.1) is 11.7 Å². The minimum absolute atomic E-state index is 0.0373. The second-order valence-electron chi connectivity index (χ2n) is 4.56. The van der Waals surface area contributed by atoms with Crippen LogP contribution >= 0.6 is 0 Å². The standard InChI is InChI=1S/C12H14FN/c13-11-3-1-2-10-9(11)6-8(7-14)12(10)4-5-12/h1-3,8H,4-7,14H2. The fourth-order valence-corrected chi connectivity index (χ4v) is 3.02. The Morgan fingerprint density at radius 2 is 2.21 bits per heavy atom. The molecule has 0 bridgehead atoms. The molecule has 2 heteroatoms. The maximum atomic E-state index is 13.5. The molecule has 0 aliphatic heterocycles. The maximum absolute atomic E-state index is 13.5. The van der Waals surface area contributed by atoms with Crippen molar-refractivity contribution in [3.63, 3.8) is 0 Å². The van der Waals surface area contributed by atoms with Crippen molar-refractivity contribution >= 4 is 0 Å². The molecule has 1 nitrogen and oxygen atoms in total. The smallest absolute Gasteiger partial charge is 0.126 e. The highest BCUT2D eigenvalue weighted by atomic mass is 19.1. The first-order valence-corrected chi connectivity index (χ1v) is 5.26. The fourth-order valence-electron chi connectivity index (χ4n) is 3.02. The molecule has 1 aromatic rings. The van der Waals surface area contributed by atoms with E-state index in [9.17, 15) is 4.39 Å². The molecule has 0 amide bonds. The van der Waals surface area contributed by atoms with Gasteiger partial charge >= 0.3 is 0 Å². The summed E-state index contributed by atoms with van der Waals surface area (Å²) < 4.78 is 13.5. The van der Waals surface area contributed by atoms with Crippen LogP contribution in [0.4, 0.5) is 4.39 Å². The second kappa shape index (κ2) is 2.57. The Hall–Kier alpha value is -0.890. The number of nitrogens with two attached hydrogens (primary N) is 1. The Labute approximate surface area is 83.1 Å². The number of fused-ring (bicyclic) bond motifs is 2. The van der Waals surface area contributed by atoms with Crippen LogP contribution in [0.3, 0.4) is 0 Å². The lowest BCUT2D eigenvalue weighted by Crippen LogP contribution is -2.23. The second-order valence-corrected chi connectivity index (χ2v) is 4.56. The van der Waals surface area contributed by atoms with E-state index in [0.717, 1.165) is 12.0 Å². The Bertz CT molecular complexity index is 382. The van der Waals surface area contributed by atoms with Gasteiger partial charge in [-0.3, -0.25) is 0 Å². The van der Waals surface area contributed by atoms with E-state index in [0.29, 0.717) is 12.5 Å². The summed E-state index contributed by atoms with van der Waals surface area (Å²) in [6.45, 7) is 0.689. The molecule has 14 heavy (non-hydrogen) atoms. The van der Waals surface area contributed by atoms with E-state index in [1.165, 1.54) is 18.4 Å². The predicted molar refractivity (Wildman–Crippen MR) is 53.6 cm³/mol. The van der Waals surface area contributed by atoms with Gasteiger partial charge in [-0.1, -0.05) is 12.1 Å². The number of hydrogen-bond acceptors (Lipinski definition) is 1. The lowest BCUT2D eigenvalue weighted by Gasteiger charge is -2.16. The van der Waals surface area contributed by atoms with E-state index < -0.39 is 0 Å². The molecule has 1 aromatic carbocycles. The van der Waals surface area contributed by atoms with Gasteiger partial charge in [-0.15, -0.1) is 0 Å². The fraction of sp³-hybridized carbons (Fsp3) is 0.500. The average molecular weight is 191 g/mol. The minimum atomic E-state index is -0.0373. The van der Waals surface area contributed by atoms with Crippen LogP contribution in [-0.4, -0.2) is 6.54 Å². The molecule has 0 aromatic heterocycles. The molecule has 2 N–H and O–H groups in total. The Morgan fingerprint density at radius 3 is 2.86 bits per heavy atom. The van der Waals surface area contributed by atoms with Gasteiger partial charge in [0.15, 0.2) is 0 Å². The summed E-state index contributed by atoms with van der Waals surface area (Å²) in [6, 6.07) is 5.47. The molecule has 1 atom stereocenters. The summed E-state index contributed by atoms with van der Waals surface area (Å²) in [5.41, 5.74) is 8.20. The molecular formula is C12H14FN. The quantitative estimate of drug-likeness (QED) is 0.721. The third-order valence-electron chi connectivity index (χ3n) is 3.96. The van der Waals surface area contributed by atoms with E-state index in [1.54, 1.807) is 6.07 Å². The summed E-state index contributed by atoms with van der Waals surface area (Å²) in [5, 5.41) is 0. The van der Waals surface area contributed by atoms with Crippen LogP contribution in [0.1, 0.15) is 24.0 Å². The molecule has 2 aliphatic rings. The third-order valence-corrected chi connectivity index (χ3v) is 3.96. The minimum Gasteiger partial charge on any atom is -0.330 e. The number of hydrogen-bond donors (Lipinski definition) is 1. The Kier molecular flexibility index (Phi) is 1.55. The van der Waals surface area contributed by atoms with Crippen LogP contribution < -0.4 is 5.73 Å². The van der Waals surface area contributed by atoms with Crippen LogP contribution in [-0.2, 0) is 11.8 Å². The molecule has 1 fully saturated rings. The van der Waals surface area contributed by atoms with Gasteiger partial charge in [0, 0.05) is 5.41 Å². The lowest BCUT2D eigenvalue weighted by atomic mass is 9.89. The molecule has 2 aliphatic carbocycles. The van der Waals surface area contributed by atoms with Gasteiger partial charge in [-0.25, -0.2) is 4.39 Å². The van der Waals surface area contributed by atoms with E-state index in [2.05, 4.69) is 6.07 Å². The van der Waals surface area contributed by atoms with Gasteiger partial charge < -0.3 is 5.73 Å². The Morgan fingerprint density at radius 1 is 1.43 bits per heavy atom. The van der Waals surface area contributed by atoms with Gasteiger partial charge in [0.25, 0.3) is 0 Å². The highest BCUT2D eigenvalue weighted by molar-refractivity contribution is 5.45. The van der Waals surface area contributed by atoms with Crippen molar-refractivity contribution in [3.05, 3.63) is 35.1 Å². The molecule has 0 saturated heterocycles. The summed E-state index contributed by atoms with van der Waals surface area (Å²) in [4.78, 5) is 0. The van der Waals surface area contributed by atoms with Crippen molar-refractivity contribution in [1.82, 2.24) is 0 Å². The number of benzene rings is 1. The first-order valence-electron chi connectivity index (χ1n) is 5.26. The van der Waals surface area contributed by atoms with Crippen LogP contribution in [0.25, 0.3) is 0 Å². The Balaban J connectivity index is 2.14. The molecule has 1 saturated carbocycles. The summed E-state index contributed by atoms with van der Waals surface area (Å²) in [6.07, 6.45) is 3.25. The molecule has 0 radical (unpaired) electrons. The molecular weight excluding hydrogens is 177 g/mol. The normalized spacial score (nSPS) is 26.6. The van der Waals surface area contributed by atoms with Crippen molar-refractivity contribution in [2.75, 3.05) is 6.54 Å². The first kappa shape index (κ1) is 8.42. The molecule has 74 valence electrons. The van der Waals surface area contributed by atoms with Crippen LogP contribution in [0.5, 0.6) is 0 Å². The zero-order valence-electron chi connectivity index (χ0n) is 8.09. The van der Waals surface area contributed by atoms with E-state index in [-0.39, 0.29) is 11.2 Å². The van der Waals surface area contributed by atoms with Gasteiger partial charge in [-0.05, 0) is 48.9 Å². The lowest BCUT2D eigenvalue weighted by molar-refractivity contribution is 0.448. The van der Waals surface area contributed by atoms with E-state index >= 15 is 0 Å². The molecule has 0 heterocycles. The van der Waals surface area contributed by atoms with Crippen molar-refractivity contribution < 1.29 is 4.39 Å². The van der Waals surface area contributed by atoms with Crippen molar-refractivity contribution in [3.8, 4) is 0 Å². The average Bonchev–Trinajstić information content (AvgIpc) is 2.89. The van der Waals surface area contributed by atoms with Crippen LogP contribution in [0.15, 0.2) is 18.2 Å². The molecule has 3 rings (SSSR count). The zero-order valence-corrected chi connectivity index (χ0v) is 8.09. The summed E-state index contributed by atoms with van der Waals surface area (Å²) in [7, 11) is 0. The van der Waals surface area contributed by atoms with Gasteiger partial charge in [0.1, 0.15) is 5.82 Å². The number of rotatable bonds is 1. The predicted octanol–water partition coefficient (Wildman–Crippen LogP) is 1.99. The zero-order chi connectivity index (χ0) is 9.76. The summed E-state index contributed by atoms with van der Waals surface area (Å²) >= 11 is 0. The monoisotopic (exact) mass is 191 g/mol. The largest absolute Gasteiger partial charge is 0.330 e. The topological polar surface area (TPSA) is 26.0 Å². The van der Waals surface area contributed by atoms with Gasteiger partial charge in [-0.2, -0.15) is 0 Å². The maximum Gasteiger partial charge on any atom is 0.126 e. The number of halogens is 1. The molecule has 1 unspecified atom stereocenters. The van der Waals surface area contributed by atoms with Gasteiger partial charge in [0.2, 0.25) is 0 Å². The van der Waals surface area contributed by atoms with E-state index in [4.69, 9.17) is 5.73 Å². The van der Waals surface area contributed by atoms with Crippen molar-refractivity contribution in [2.45, 2.75) is 24.7 Å². The third kappa shape index (κ3) is 0.871. The first-order chi connectivity index (χ1) is 6.78. The molecule has 1 spiro atoms. The van der Waals surface area contributed by atoms with Crippen molar-refractivity contribution in [1.29, 1.82) is 0 Å². The highest BCUT2D eigenvalue weighted by Gasteiger charge is 2.55. The highest BCUT2D eigenvalue weighted by Crippen LogP contribution is 2.59. The SMILES string of the molecule is NCC1Cc2c(F)cccc2C12CC2. The van der Waals surface area contributed by atoms with Crippen LogP contribution in [0.2, 0.25) is 0 Å². The van der Waals surface area contributed by atoms with Crippen molar-refractivity contribution in [2.24, 2.45) is 11.7 Å². The van der Waals surface area contributed by atoms with Gasteiger partial charge in [0.05, 0.1) is 0 Å². The summed E-state index contributed by atoms with van der Waals surface area (Å²) in [5.74, 6) is 0.444. The van der Waals surface area contributed by atoms with E-state index in [1.807, 2.05) is 6.07 Å².